The molecule has 0 spiro atoms. The molecule has 0 aliphatic carbocycles. The summed E-state index contributed by atoms with van der Waals surface area (Å²) in [5, 5.41) is 0.408. The van der Waals surface area contributed by atoms with Crippen molar-refractivity contribution in [1.29, 1.82) is 0 Å². The Bertz CT molecular complexity index is 138. The third-order valence-corrected chi connectivity index (χ3v) is 2.09. The van der Waals surface area contributed by atoms with E-state index >= 15 is 0 Å². The summed E-state index contributed by atoms with van der Waals surface area (Å²) < 4.78 is 4.45. The number of unbranched alkanes of at least 4 members (excludes halogenated alkanes) is 1. The van der Waals surface area contributed by atoms with Gasteiger partial charge in [0.15, 0.2) is 0 Å². The lowest BCUT2D eigenvalue weighted by atomic mass is 10.1. The monoisotopic (exact) mass is 236 g/mol. The van der Waals surface area contributed by atoms with Crippen LogP contribution in [0.4, 0.5) is 0 Å². The van der Waals surface area contributed by atoms with Gasteiger partial charge in [-0.1, -0.05) is 15.9 Å². The lowest BCUT2D eigenvalue weighted by Gasteiger charge is -1.97. The Hall–Kier alpha value is -0.380. The summed E-state index contributed by atoms with van der Waals surface area (Å²) >= 11 is 3.07. The molecule has 0 aliphatic heterocycles. The number of ketones is 1. The fourth-order valence-electron chi connectivity index (χ4n) is 0.760. The van der Waals surface area contributed by atoms with Crippen LogP contribution in [-0.2, 0) is 14.3 Å². The quantitative estimate of drug-likeness (QED) is 0.401. The number of carbonyl (C=O) groups excluding carboxylic acids is 2. The third-order valence-electron chi connectivity index (χ3n) is 1.46. The summed E-state index contributed by atoms with van der Waals surface area (Å²) in [7, 11) is 1.37. The summed E-state index contributed by atoms with van der Waals surface area (Å²) in [4.78, 5) is 21.4. The number of ether oxygens (including phenoxy) is 1. The van der Waals surface area contributed by atoms with Crippen LogP contribution in [0.15, 0.2) is 0 Å². The van der Waals surface area contributed by atoms with E-state index < -0.39 is 0 Å². The van der Waals surface area contributed by atoms with Gasteiger partial charge < -0.3 is 4.74 Å². The van der Waals surface area contributed by atoms with E-state index in [2.05, 4.69) is 20.7 Å². The summed E-state index contributed by atoms with van der Waals surface area (Å²) in [6.45, 7) is 0. The van der Waals surface area contributed by atoms with Crippen molar-refractivity contribution in [2.75, 3.05) is 12.4 Å². The smallest absolute Gasteiger partial charge is 0.305 e. The van der Waals surface area contributed by atoms with Gasteiger partial charge in [0.1, 0.15) is 5.78 Å². The Morgan fingerprint density at radius 3 is 2.33 bits per heavy atom. The second-order valence-electron chi connectivity index (χ2n) is 2.46. The van der Waals surface area contributed by atoms with E-state index in [1.807, 2.05) is 0 Å². The predicted octanol–water partition coefficient (Wildman–Crippen LogP) is 1.68. The molecule has 0 radical (unpaired) electrons. The van der Waals surface area contributed by atoms with Crippen LogP contribution in [0.2, 0.25) is 0 Å². The standard InChI is InChI=1S/C8H13BrO3/c1-12-8(11)5-3-2-4-7(10)6-9/h2-6H2,1H3. The number of hydrogen-bond donors (Lipinski definition) is 0. The molecule has 0 aromatic carbocycles. The molecule has 12 heavy (non-hydrogen) atoms. The minimum absolute atomic E-state index is 0.180. The topological polar surface area (TPSA) is 43.4 Å². The number of esters is 1. The van der Waals surface area contributed by atoms with Crippen LogP contribution >= 0.6 is 15.9 Å². The molecular weight excluding hydrogens is 224 g/mol. The zero-order chi connectivity index (χ0) is 9.40. The fraction of sp³-hybridized carbons (Fsp3) is 0.750. The number of carbonyl (C=O) groups is 2. The van der Waals surface area contributed by atoms with Crippen molar-refractivity contribution in [2.24, 2.45) is 0 Å². The van der Waals surface area contributed by atoms with E-state index in [1.165, 1.54) is 7.11 Å². The third kappa shape index (κ3) is 6.34. The van der Waals surface area contributed by atoms with Crippen molar-refractivity contribution in [2.45, 2.75) is 25.7 Å². The van der Waals surface area contributed by atoms with E-state index in [1.54, 1.807) is 0 Å². The molecule has 0 atom stereocenters. The number of hydrogen-bond acceptors (Lipinski definition) is 3. The van der Waals surface area contributed by atoms with Crippen molar-refractivity contribution in [3.63, 3.8) is 0 Å². The molecule has 4 heteroatoms. The highest BCUT2D eigenvalue weighted by atomic mass is 79.9. The van der Waals surface area contributed by atoms with Gasteiger partial charge >= 0.3 is 5.97 Å². The molecule has 0 heterocycles. The number of alkyl halides is 1. The average Bonchev–Trinajstić information content (AvgIpc) is 2.11. The molecule has 0 amide bonds. The number of rotatable bonds is 6. The van der Waals surface area contributed by atoms with E-state index in [9.17, 15) is 9.59 Å². The minimum Gasteiger partial charge on any atom is -0.469 e. The van der Waals surface area contributed by atoms with Gasteiger partial charge in [-0.05, 0) is 12.8 Å². The second kappa shape index (κ2) is 7.28. The van der Waals surface area contributed by atoms with Gasteiger partial charge in [-0.2, -0.15) is 0 Å². The maximum absolute atomic E-state index is 10.8. The lowest BCUT2D eigenvalue weighted by molar-refractivity contribution is -0.140. The van der Waals surface area contributed by atoms with Crippen molar-refractivity contribution in [1.82, 2.24) is 0 Å². The maximum Gasteiger partial charge on any atom is 0.305 e. The van der Waals surface area contributed by atoms with Gasteiger partial charge in [0.05, 0.1) is 12.4 Å². The molecule has 0 saturated carbocycles. The molecule has 0 saturated heterocycles. The van der Waals surface area contributed by atoms with E-state index in [0.29, 0.717) is 18.2 Å². The van der Waals surface area contributed by atoms with Crippen LogP contribution in [-0.4, -0.2) is 24.2 Å². The molecular formula is C8H13BrO3. The van der Waals surface area contributed by atoms with Crippen molar-refractivity contribution in [3.05, 3.63) is 0 Å². The van der Waals surface area contributed by atoms with Crippen LogP contribution < -0.4 is 0 Å². The first-order valence-electron chi connectivity index (χ1n) is 3.85. The molecule has 0 bridgehead atoms. The highest BCUT2D eigenvalue weighted by Gasteiger charge is 2.02. The highest BCUT2D eigenvalue weighted by molar-refractivity contribution is 9.09. The Morgan fingerprint density at radius 1 is 1.25 bits per heavy atom. The maximum atomic E-state index is 10.8. The largest absolute Gasteiger partial charge is 0.469 e. The van der Waals surface area contributed by atoms with Crippen LogP contribution in [0.3, 0.4) is 0 Å². The zero-order valence-corrected chi connectivity index (χ0v) is 8.72. The minimum atomic E-state index is -0.207. The second-order valence-corrected chi connectivity index (χ2v) is 3.02. The Labute approximate surface area is 80.6 Å². The predicted molar refractivity (Wildman–Crippen MR) is 49.3 cm³/mol. The first-order chi connectivity index (χ1) is 5.70. The molecule has 0 fully saturated rings. The van der Waals surface area contributed by atoms with Crippen LogP contribution in [0, 0.1) is 0 Å². The van der Waals surface area contributed by atoms with Gasteiger partial charge in [0, 0.05) is 12.8 Å². The van der Waals surface area contributed by atoms with E-state index in [-0.39, 0.29) is 11.8 Å². The SMILES string of the molecule is COC(=O)CCCCC(=O)CBr. The molecule has 0 N–H and O–H groups in total. The first kappa shape index (κ1) is 11.6. The number of methoxy groups -OCH3 is 1. The zero-order valence-electron chi connectivity index (χ0n) is 7.14. The summed E-state index contributed by atoms with van der Waals surface area (Å²) in [6.07, 6.45) is 2.44. The molecule has 0 aromatic rings. The highest BCUT2D eigenvalue weighted by Crippen LogP contribution is 2.02. The normalized spacial score (nSPS) is 9.50. The van der Waals surface area contributed by atoms with Gasteiger partial charge in [0.2, 0.25) is 0 Å². The average molecular weight is 237 g/mol. The summed E-state index contributed by atoms with van der Waals surface area (Å²) in [6, 6.07) is 0. The van der Waals surface area contributed by atoms with Gasteiger partial charge in [-0.3, -0.25) is 9.59 Å². The fourth-order valence-corrected chi connectivity index (χ4v) is 1.04. The summed E-state index contributed by atoms with van der Waals surface area (Å²) in [5.74, 6) is -0.0267. The van der Waals surface area contributed by atoms with Gasteiger partial charge in [-0.25, -0.2) is 0 Å². The lowest BCUT2D eigenvalue weighted by Crippen LogP contribution is -2.02. The van der Waals surface area contributed by atoms with Gasteiger partial charge in [0.25, 0.3) is 0 Å². The van der Waals surface area contributed by atoms with E-state index in [0.717, 1.165) is 12.8 Å². The summed E-state index contributed by atoms with van der Waals surface area (Å²) in [5.41, 5.74) is 0. The van der Waals surface area contributed by atoms with Crippen LogP contribution in [0.5, 0.6) is 0 Å². The van der Waals surface area contributed by atoms with Gasteiger partial charge in [-0.15, -0.1) is 0 Å². The van der Waals surface area contributed by atoms with Crippen LogP contribution in [0.1, 0.15) is 25.7 Å². The first-order valence-corrected chi connectivity index (χ1v) is 4.97. The Morgan fingerprint density at radius 2 is 1.83 bits per heavy atom. The molecule has 3 nitrogen and oxygen atoms in total. The number of Topliss-reactive ketones (excluding diaryl/α,β-unsaturated/α-hetero) is 1. The van der Waals surface area contributed by atoms with Crippen molar-refractivity contribution in [3.8, 4) is 0 Å². The molecule has 0 aliphatic rings. The van der Waals surface area contributed by atoms with Crippen molar-refractivity contribution < 1.29 is 14.3 Å². The Balaban J connectivity index is 3.21. The van der Waals surface area contributed by atoms with Crippen molar-refractivity contribution >= 4 is 27.7 Å². The Kier molecular flexibility index (Phi) is 7.05. The van der Waals surface area contributed by atoms with E-state index in [4.69, 9.17) is 0 Å². The number of halogens is 1. The molecule has 0 rings (SSSR count). The molecule has 0 unspecified atom stereocenters. The van der Waals surface area contributed by atoms with Crippen LogP contribution in [0.25, 0.3) is 0 Å². The molecule has 0 aromatic heterocycles. The molecule has 70 valence electrons.